The van der Waals surface area contributed by atoms with Crippen molar-refractivity contribution in [1.29, 1.82) is 0 Å². The van der Waals surface area contributed by atoms with E-state index in [1.165, 1.54) is 0 Å². The molecule has 0 aliphatic rings. The highest BCUT2D eigenvalue weighted by atomic mass is 16.5. The van der Waals surface area contributed by atoms with Gasteiger partial charge in [0.25, 0.3) is 0 Å². The van der Waals surface area contributed by atoms with Crippen molar-refractivity contribution in [2.75, 3.05) is 20.3 Å². The van der Waals surface area contributed by atoms with Crippen LogP contribution in [0, 0.1) is 0 Å². The second kappa shape index (κ2) is 12.1. The lowest BCUT2D eigenvalue weighted by Crippen LogP contribution is -2.10. The number of benzene rings is 2. The molecule has 202 valence electrons. The molecule has 3 aromatic rings. The van der Waals surface area contributed by atoms with E-state index < -0.39 is 0 Å². The normalized spacial score (nSPS) is 10.8. The molecule has 0 bridgehead atoms. The summed E-state index contributed by atoms with van der Waals surface area (Å²) in [5.74, 6) is 1.19. The van der Waals surface area contributed by atoms with Gasteiger partial charge in [0.1, 0.15) is 41.3 Å². The minimum absolute atomic E-state index is 0.105. The molecule has 0 saturated carbocycles. The molecule has 1 heterocycles. The maximum absolute atomic E-state index is 14.1. The second-order valence-electron chi connectivity index (χ2n) is 10.2. The molecule has 0 aliphatic heterocycles. The highest BCUT2D eigenvalue weighted by Gasteiger charge is 2.24. The smallest absolute Gasteiger partial charge is 0.204 e. The molecule has 1 aromatic heterocycles. The van der Waals surface area contributed by atoms with Crippen molar-refractivity contribution in [3.8, 4) is 23.0 Å². The molecular formula is C32H38O6. The third-order valence-electron chi connectivity index (χ3n) is 5.89. The van der Waals surface area contributed by atoms with E-state index >= 15 is 0 Å². The number of allylic oxidation sites excluding steroid dienone is 4. The summed E-state index contributed by atoms with van der Waals surface area (Å²) in [6, 6.07) is 3.33. The van der Waals surface area contributed by atoms with E-state index in [1.54, 1.807) is 19.2 Å². The first-order chi connectivity index (χ1) is 17.9. The van der Waals surface area contributed by atoms with Gasteiger partial charge in [-0.1, -0.05) is 36.5 Å². The van der Waals surface area contributed by atoms with Crippen molar-refractivity contribution >= 4 is 21.9 Å². The number of phenolic OH excluding ortho intramolecular Hbond substituents is 1. The van der Waals surface area contributed by atoms with Gasteiger partial charge in [-0.2, -0.15) is 0 Å². The predicted octanol–water partition coefficient (Wildman–Crippen LogP) is 7.59. The van der Waals surface area contributed by atoms with Gasteiger partial charge in [0.2, 0.25) is 5.43 Å². The highest BCUT2D eigenvalue weighted by molar-refractivity contribution is 5.98. The Hall–Kier alpha value is -3.93. The Morgan fingerprint density at radius 3 is 1.87 bits per heavy atom. The Morgan fingerprint density at radius 1 is 0.842 bits per heavy atom. The number of fused-ring (bicyclic) bond motifs is 2. The number of hydrogen-bond acceptors (Lipinski definition) is 6. The van der Waals surface area contributed by atoms with E-state index in [0.29, 0.717) is 52.2 Å². The molecule has 0 unspecified atom stereocenters. The molecule has 0 atom stereocenters. The summed E-state index contributed by atoms with van der Waals surface area (Å²) < 4.78 is 24.0. The van der Waals surface area contributed by atoms with Crippen LogP contribution in [-0.4, -0.2) is 25.4 Å². The molecule has 38 heavy (non-hydrogen) atoms. The molecule has 3 rings (SSSR count). The summed E-state index contributed by atoms with van der Waals surface area (Å²) in [5.41, 5.74) is 5.20. The van der Waals surface area contributed by atoms with E-state index in [-0.39, 0.29) is 35.4 Å². The first-order valence-electron chi connectivity index (χ1n) is 12.6. The maximum atomic E-state index is 14.1. The molecule has 0 saturated heterocycles. The van der Waals surface area contributed by atoms with E-state index in [4.69, 9.17) is 18.6 Å². The number of aromatic hydroxyl groups is 1. The van der Waals surface area contributed by atoms with Gasteiger partial charge < -0.3 is 23.7 Å². The molecule has 0 spiro atoms. The summed E-state index contributed by atoms with van der Waals surface area (Å²) in [7, 11) is 1.55. The molecule has 0 fully saturated rings. The van der Waals surface area contributed by atoms with Crippen LogP contribution in [0.1, 0.15) is 52.7 Å². The zero-order valence-corrected chi connectivity index (χ0v) is 23.5. The van der Waals surface area contributed by atoms with Crippen LogP contribution in [0.15, 0.2) is 68.9 Å². The van der Waals surface area contributed by atoms with Gasteiger partial charge in [-0.3, -0.25) is 4.79 Å². The average molecular weight is 519 g/mol. The molecule has 6 nitrogen and oxygen atoms in total. The summed E-state index contributed by atoms with van der Waals surface area (Å²) in [5, 5.41) is 11.9. The lowest BCUT2D eigenvalue weighted by atomic mass is 9.98. The van der Waals surface area contributed by atoms with Crippen LogP contribution in [0.5, 0.6) is 23.0 Å². The molecule has 1 N–H and O–H groups in total. The highest BCUT2D eigenvalue weighted by Crippen LogP contribution is 2.41. The molecule has 2 aromatic carbocycles. The largest absolute Gasteiger partial charge is 0.507 e. The first kappa shape index (κ1) is 28.6. The van der Waals surface area contributed by atoms with Crippen LogP contribution in [0.4, 0.5) is 0 Å². The summed E-state index contributed by atoms with van der Waals surface area (Å²) in [6.07, 6.45) is 4.81. The lowest BCUT2D eigenvalue weighted by Gasteiger charge is -2.18. The van der Waals surface area contributed by atoms with E-state index in [2.05, 4.69) is 13.2 Å². The van der Waals surface area contributed by atoms with Crippen LogP contribution in [0.25, 0.3) is 21.9 Å². The van der Waals surface area contributed by atoms with Crippen molar-refractivity contribution in [2.24, 2.45) is 0 Å². The van der Waals surface area contributed by atoms with Gasteiger partial charge >= 0.3 is 0 Å². The standard InChI is InChI=1S/C32H38O6/c1-18(2)10-12-22-24(36-16-20(5)6)14-26-29(30(22)33)31(34)28-23(13-11-19(3)4)32(35-9)27(15-25(28)38-26)37-17-21(7)8/h10-11,14-15,33H,5,7,12-13,16-17H2,1-4,6,8-9H3. The minimum Gasteiger partial charge on any atom is -0.507 e. The molecule has 0 aliphatic carbocycles. The van der Waals surface area contributed by atoms with Crippen LogP contribution >= 0.6 is 0 Å². The van der Waals surface area contributed by atoms with Gasteiger partial charge in [-0.25, -0.2) is 0 Å². The number of ether oxygens (including phenoxy) is 3. The summed E-state index contributed by atoms with van der Waals surface area (Å²) in [4.78, 5) is 14.1. The number of rotatable bonds is 11. The van der Waals surface area contributed by atoms with Gasteiger partial charge in [0, 0.05) is 23.3 Å². The van der Waals surface area contributed by atoms with Crippen molar-refractivity contribution < 1.29 is 23.7 Å². The Kier molecular flexibility index (Phi) is 9.10. The Morgan fingerprint density at radius 2 is 1.34 bits per heavy atom. The summed E-state index contributed by atoms with van der Waals surface area (Å²) in [6.45, 7) is 20.0. The third kappa shape index (κ3) is 6.31. The van der Waals surface area contributed by atoms with Crippen molar-refractivity contribution in [1.82, 2.24) is 0 Å². The Balaban J connectivity index is 2.44. The molecule has 0 radical (unpaired) electrons. The second-order valence-corrected chi connectivity index (χ2v) is 10.2. The fraction of sp³-hybridized carbons (Fsp3) is 0.344. The molecule has 0 amide bonds. The zero-order valence-electron chi connectivity index (χ0n) is 23.5. The maximum Gasteiger partial charge on any atom is 0.204 e. The minimum atomic E-state index is -0.342. The molecule has 6 heteroatoms. The Labute approximate surface area is 224 Å². The lowest BCUT2D eigenvalue weighted by molar-refractivity contribution is 0.318. The van der Waals surface area contributed by atoms with Crippen molar-refractivity contribution in [3.63, 3.8) is 0 Å². The SMILES string of the molecule is C=C(C)COc1cc2oc3cc(OCC(=C)C)c(OC)c(CC=C(C)C)c3c(=O)c2c(O)c1CC=C(C)C. The van der Waals surface area contributed by atoms with E-state index in [1.807, 2.05) is 53.7 Å². The fourth-order valence-corrected chi connectivity index (χ4v) is 4.07. The number of methoxy groups -OCH3 is 1. The average Bonchev–Trinajstić information content (AvgIpc) is 2.83. The molecular weight excluding hydrogens is 480 g/mol. The quantitative estimate of drug-likeness (QED) is 0.208. The number of phenols is 1. The summed E-state index contributed by atoms with van der Waals surface area (Å²) >= 11 is 0. The van der Waals surface area contributed by atoms with Crippen LogP contribution in [0.2, 0.25) is 0 Å². The zero-order chi connectivity index (χ0) is 28.1. The first-order valence-corrected chi connectivity index (χ1v) is 12.6. The van der Waals surface area contributed by atoms with Gasteiger partial charge in [0.05, 0.1) is 12.5 Å². The third-order valence-corrected chi connectivity index (χ3v) is 5.89. The van der Waals surface area contributed by atoms with Crippen molar-refractivity contribution in [2.45, 2.75) is 54.4 Å². The van der Waals surface area contributed by atoms with Gasteiger partial charge in [-0.05, 0) is 65.5 Å². The number of hydrogen-bond donors (Lipinski definition) is 1. The van der Waals surface area contributed by atoms with Gasteiger partial charge in [-0.15, -0.1) is 0 Å². The predicted molar refractivity (Wildman–Crippen MR) is 155 cm³/mol. The van der Waals surface area contributed by atoms with Crippen molar-refractivity contribution in [3.05, 3.63) is 81.1 Å². The van der Waals surface area contributed by atoms with Crippen LogP contribution in [-0.2, 0) is 12.8 Å². The fourth-order valence-electron chi connectivity index (χ4n) is 4.07. The topological polar surface area (TPSA) is 78.1 Å². The Bertz CT molecular complexity index is 1510. The van der Waals surface area contributed by atoms with Crippen LogP contribution in [0.3, 0.4) is 0 Å². The monoisotopic (exact) mass is 518 g/mol. The van der Waals surface area contributed by atoms with Gasteiger partial charge in [0.15, 0.2) is 11.5 Å². The van der Waals surface area contributed by atoms with E-state index in [9.17, 15) is 9.90 Å². The van der Waals surface area contributed by atoms with Crippen LogP contribution < -0.4 is 19.6 Å². The van der Waals surface area contributed by atoms with E-state index in [0.717, 1.165) is 22.3 Å².